The van der Waals surface area contributed by atoms with Crippen molar-refractivity contribution in [3.63, 3.8) is 0 Å². The van der Waals surface area contributed by atoms with Gasteiger partial charge in [-0.3, -0.25) is 9.59 Å². The fraction of sp³-hybridized carbons (Fsp3) is 0.333. The molecule has 25 heavy (non-hydrogen) atoms. The van der Waals surface area contributed by atoms with Crippen molar-refractivity contribution in [3.8, 4) is 0 Å². The first-order valence-corrected chi connectivity index (χ1v) is 8.86. The second-order valence-electron chi connectivity index (χ2n) is 7.09. The van der Waals surface area contributed by atoms with Gasteiger partial charge in [0.2, 0.25) is 0 Å². The molecular formula is C21H22Cl2O2. The molecule has 132 valence electrons. The first-order valence-electron chi connectivity index (χ1n) is 8.11. The molecule has 0 saturated carbocycles. The maximum Gasteiger partial charge on any atom is 0.175 e. The molecule has 4 heteroatoms. The number of alkyl halides is 2. The van der Waals surface area contributed by atoms with Gasteiger partial charge in [0.1, 0.15) is 5.41 Å². The van der Waals surface area contributed by atoms with Crippen LogP contribution in [0.4, 0.5) is 0 Å². The van der Waals surface area contributed by atoms with E-state index in [-0.39, 0.29) is 0 Å². The number of hydrogen-bond donors (Lipinski definition) is 0. The molecule has 0 aliphatic heterocycles. The van der Waals surface area contributed by atoms with Crippen LogP contribution < -0.4 is 0 Å². The zero-order valence-corrected chi connectivity index (χ0v) is 16.4. The minimum absolute atomic E-state index is 0.391. The molecule has 2 rings (SSSR count). The molecule has 0 aromatic heterocycles. The van der Waals surface area contributed by atoms with Gasteiger partial charge in [0.25, 0.3) is 0 Å². The highest BCUT2D eigenvalue weighted by Crippen LogP contribution is 2.43. The lowest BCUT2D eigenvalue weighted by Gasteiger charge is -2.39. The smallest absolute Gasteiger partial charge is 0.175 e. The van der Waals surface area contributed by atoms with Crippen molar-refractivity contribution in [1.29, 1.82) is 0 Å². The molecule has 0 aliphatic carbocycles. The molecule has 2 nitrogen and oxygen atoms in total. The van der Waals surface area contributed by atoms with Gasteiger partial charge in [0, 0.05) is 0 Å². The average molecular weight is 377 g/mol. The fourth-order valence-corrected chi connectivity index (χ4v) is 3.35. The Morgan fingerprint density at radius 1 is 0.640 bits per heavy atom. The Bertz CT molecular complexity index is 686. The van der Waals surface area contributed by atoms with Crippen LogP contribution in [0, 0.1) is 0 Å². The van der Waals surface area contributed by atoms with Gasteiger partial charge in [-0.2, -0.15) is 0 Å². The van der Waals surface area contributed by atoms with E-state index in [9.17, 15) is 9.59 Å². The van der Waals surface area contributed by atoms with Gasteiger partial charge in [-0.15, -0.1) is 23.2 Å². The van der Waals surface area contributed by atoms with Gasteiger partial charge in [-0.05, 0) is 38.8 Å². The number of benzene rings is 2. The van der Waals surface area contributed by atoms with Gasteiger partial charge < -0.3 is 0 Å². The Morgan fingerprint density at radius 3 is 1.16 bits per heavy atom. The molecule has 0 aliphatic rings. The van der Waals surface area contributed by atoms with Crippen LogP contribution in [0.3, 0.4) is 0 Å². The van der Waals surface area contributed by atoms with Crippen molar-refractivity contribution >= 4 is 34.8 Å². The van der Waals surface area contributed by atoms with E-state index in [4.69, 9.17) is 23.2 Å². The third-order valence-corrected chi connectivity index (χ3v) is 4.52. The predicted molar refractivity (Wildman–Crippen MR) is 104 cm³/mol. The summed E-state index contributed by atoms with van der Waals surface area (Å²) in [5.74, 6) is -0.782. The standard InChI is InChI=1S/C21H22Cl2O2/c1-19(2,22)17(24)21(18(25)20(3,4)23,15-11-7-5-8-12-15)16-13-9-6-10-14-16/h5-14H,1-4H3. The van der Waals surface area contributed by atoms with Crippen LogP contribution in [0.5, 0.6) is 0 Å². The minimum Gasteiger partial charge on any atom is -0.296 e. The lowest BCUT2D eigenvalue weighted by molar-refractivity contribution is -0.135. The third kappa shape index (κ3) is 3.65. The molecule has 0 radical (unpaired) electrons. The van der Waals surface area contributed by atoms with Gasteiger partial charge in [0.15, 0.2) is 11.6 Å². The van der Waals surface area contributed by atoms with Crippen LogP contribution in [0.25, 0.3) is 0 Å². The van der Waals surface area contributed by atoms with Crippen molar-refractivity contribution in [2.45, 2.75) is 42.9 Å². The molecule has 2 aromatic rings. The second-order valence-corrected chi connectivity index (χ2v) is 8.98. The highest BCUT2D eigenvalue weighted by Gasteiger charge is 2.56. The molecule has 0 fully saturated rings. The summed E-state index contributed by atoms with van der Waals surface area (Å²) in [7, 11) is 0. The Kier molecular flexibility index (Phi) is 5.46. The summed E-state index contributed by atoms with van der Waals surface area (Å²) in [5.41, 5.74) is -0.434. The number of carbonyl (C=O) groups is 2. The molecule has 0 amide bonds. The van der Waals surface area contributed by atoms with E-state index < -0.39 is 26.7 Å². The molecule has 0 unspecified atom stereocenters. The van der Waals surface area contributed by atoms with E-state index in [1.807, 2.05) is 12.1 Å². The van der Waals surface area contributed by atoms with E-state index in [1.54, 1.807) is 76.2 Å². The molecule has 0 spiro atoms. The van der Waals surface area contributed by atoms with Crippen molar-refractivity contribution < 1.29 is 9.59 Å². The maximum absolute atomic E-state index is 13.6. The lowest BCUT2D eigenvalue weighted by atomic mass is 9.63. The Balaban J connectivity index is 2.94. The summed E-state index contributed by atoms with van der Waals surface area (Å²) in [6, 6.07) is 18.0. The first-order chi connectivity index (χ1) is 11.5. The van der Waals surface area contributed by atoms with E-state index >= 15 is 0 Å². The lowest BCUT2D eigenvalue weighted by Crippen LogP contribution is -2.56. The number of Topliss-reactive ketones (excluding diaryl/α,β-unsaturated/α-hetero) is 2. The van der Waals surface area contributed by atoms with Crippen LogP contribution in [0.2, 0.25) is 0 Å². The van der Waals surface area contributed by atoms with Gasteiger partial charge in [-0.25, -0.2) is 0 Å². The molecule has 0 N–H and O–H groups in total. The Hall–Kier alpha value is -1.64. The Labute approximate surface area is 159 Å². The van der Waals surface area contributed by atoms with E-state index in [0.29, 0.717) is 11.1 Å². The number of carbonyl (C=O) groups excluding carboxylic acids is 2. The molecule has 0 heterocycles. The number of hydrogen-bond acceptors (Lipinski definition) is 2. The topological polar surface area (TPSA) is 34.1 Å². The molecule has 2 aromatic carbocycles. The normalized spacial score (nSPS) is 12.7. The zero-order valence-electron chi connectivity index (χ0n) is 14.8. The fourth-order valence-electron chi connectivity index (χ4n) is 3.06. The summed E-state index contributed by atoms with van der Waals surface area (Å²) in [6.07, 6.45) is 0. The van der Waals surface area contributed by atoms with E-state index in [0.717, 1.165) is 0 Å². The van der Waals surface area contributed by atoms with E-state index in [2.05, 4.69) is 0 Å². The highest BCUT2D eigenvalue weighted by atomic mass is 35.5. The van der Waals surface area contributed by atoms with E-state index in [1.165, 1.54) is 0 Å². The molecule has 0 atom stereocenters. The second kappa shape index (κ2) is 6.93. The van der Waals surface area contributed by atoms with Gasteiger partial charge >= 0.3 is 0 Å². The van der Waals surface area contributed by atoms with Crippen molar-refractivity contribution in [3.05, 3.63) is 71.8 Å². The molecular weight excluding hydrogens is 355 g/mol. The highest BCUT2D eigenvalue weighted by molar-refractivity contribution is 6.44. The number of ketones is 2. The number of halogens is 2. The Morgan fingerprint density at radius 2 is 0.920 bits per heavy atom. The largest absolute Gasteiger partial charge is 0.296 e. The quantitative estimate of drug-likeness (QED) is 0.516. The summed E-state index contributed by atoms with van der Waals surface area (Å²) in [4.78, 5) is 24.6. The summed E-state index contributed by atoms with van der Waals surface area (Å²) < 4.78 is 0. The zero-order chi connectivity index (χ0) is 18.9. The van der Waals surface area contributed by atoms with Crippen LogP contribution >= 0.6 is 23.2 Å². The van der Waals surface area contributed by atoms with Gasteiger partial charge in [-0.1, -0.05) is 60.7 Å². The van der Waals surface area contributed by atoms with Crippen LogP contribution in [0.15, 0.2) is 60.7 Å². The third-order valence-electron chi connectivity index (χ3n) is 4.17. The van der Waals surface area contributed by atoms with Crippen LogP contribution in [0.1, 0.15) is 38.8 Å². The monoisotopic (exact) mass is 376 g/mol. The van der Waals surface area contributed by atoms with Crippen LogP contribution in [-0.2, 0) is 15.0 Å². The minimum atomic E-state index is -1.57. The molecule has 0 saturated heterocycles. The average Bonchev–Trinajstić information content (AvgIpc) is 2.55. The predicted octanol–water partition coefficient (Wildman–Crippen LogP) is 5.15. The van der Waals surface area contributed by atoms with Gasteiger partial charge in [0.05, 0.1) is 9.75 Å². The van der Waals surface area contributed by atoms with Crippen molar-refractivity contribution in [2.75, 3.05) is 0 Å². The maximum atomic E-state index is 13.6. The summed E-state index contributed by atoms with van der Waals surface area (Å²) in [6.45, 7) is 6.41. The molecule has 0 bridgehead atoms. The van der Waals surface area contributed by atoms with Crippen molar-refractivity contribution in [1.82, 2.24) is 0 Å². The van der Waals surface area contributed by atoms with Crippen LogP contribution in [-0.4, -0.2) is 21.3 Å². The first kappa shape index (κ1) is 19.7. The number of rotatable bonds is 6. The summed E-state index contributed by atoms with van der Waals surface area (Å²) in [5, 5.41) is 0. The SMILES string of the molecule is CC(C)(Cl)C(=O)C(C(=O)C(C)(C)Cl)(c1ccccc1)c1ccccc1. The summed E-state index contributed by atoms with van der Waals surface area (Å²) >= 11 is 12.8. The van der Waals surface area contributed by atoms with Crippen molar-refractivity contribution in [2.24, 2.45) is 0 Å².